The van der Waals surface area contributed by atoms with Crippen LogP contribution in [0.5, 0.6) is 0 Å². The standard InChI is InChI=1S/C12H14BrNO/c1-2-5-12(13)14(15)8-10-6-3-4-7-11(10)9-14/h2-7,12H,8-9H2,1H3. The molecule has 0 saturated carbocycles. The van der Waals surface area contributed by atoms with Crippen molar-refractivity contribution in [2.24, 2.45) is 0 Å². The lowest BCUT2D eigenvalue weighted by Crippen LogP contribution is -2.41. The Balaban J connectivity index is 2.24. The zero-order valence-electron chi connectivity index (χ0n) is 8.69. The number of benzene rings is 1. The second kappa shape index (κ2) is 4.08. The van der Waals surface area contributed by atoms with Crippen molar-refractivity contribution in [3.63, 3.8) is 0 Å². The summed E-state index contributed by atoms with van der Waals surface area (Å²) < 4.78 is -0.219. The van der Waals surface area contributed by atoms with Crippen LogP contribution in [0, 0.1) is 5.21 Å². The van der Waals surface area contributed by atoms with E-state index in [2.05, 4.69) is 15.9 Å². The maximum Gasteiger partial charge on any atom is 0.163 e. The predicted molar refractivity (Wildman–Crippen MR) is 65.0 cm³/mol. The lowest BCUT2D eigenvalue weighted by Gasteiger charge is -2.41. The highest BCUT2D eigenvalue weighted by Crippen LogP contribution is 2.34. The number of nitrogens with zero attached hydrogens (tertiary/aromatic N) is 1. The summed E-state index contributed by atoms with van der Waals surface area (Å²) in [5, 5.41) is 12.5. The van der Waals surface area contributed by atoms with Crippen molar-refractivity contribution in [3.8, 4) is 0 Å². The summed E-state index contributed by atoms with van der Waals surface area (Å²) in [5.74, 6) is 0. The minimum atomic E-state index is -0.219. The first-order valence-electron chi connectivity index (χ1n) is 5.07. The normalized spacial score (nSPS) is 20.5. The zero-order valence-corrected chi connectivity index (χ0v) is 10.3. The number of hydrogen-bond acceptors (Lipinski definition) is 1. The summed E-state index contributed by atoms with van der Waals surface area (Å²) in [5.41, 5.74) is 2.36. The Hall–Kier alpha value is -0.640. The summed E-state index contributed by atoms with van der Waals surface area (Å²) in [6.45, 7) is 3.07. The fourth-order valence-electron chi connectivity index (χ4n) is 1.99. The molecule has 15 heavy (non-hydrogen) atoms. The molecule has 0 aromatic heterocycles. The molecule has 80 valence electrons. The maximum atomic E-state index is 12.5. The van der Waals surface area contributed by atoms with Gasteiger partial charge < -0.3 is 9.85 Å². The molecular formula is C12H14BrNO. The Kier molecular flexibility index (Phi) is 2.96. The molecule has 1 aromatic rings. The van der Waals surface area contributed by atoms with E-state index in [1.807, 2.05) is 43.3 Å². The molecule has 0 bridgehead atoms. The van der Waals surface area contributed by atoms with E-state index in [9.17, 15) is 5.21 Å². The third-order valence-corrected chi connectivity index (χ3v) is 3.85. The van der Waals surface area contributed by atoms with E-state index < -0.39 is 0 Å². The highest BCUT2D eigenvalue weighted by molar-refractivity contribution is 9.09. The van der Waals surface area contributed by atoms with Crippen LogP contribution in [0.1, 0.15) is 18.1 Å². The smallest absolute Gasteiger partial charge is 0.163 e. The Bertz CT molecular complexity index is 364. The molecule has 1 aliphatic heterocycles. The molecule has 2 rings (SSSR count). The van der Waals surface area contributed by atoms with Crippen molar-refractivity contribution in [1.82, 2.24) is 0 Å². The van der Waals surface area contributed by atoms with E-state index >= 15 is 0 Å². The first-order chi connectivity index (χ1) is 7.15. The molecule has 0 radical (unpaired) electrons. The lowest BCUT2D eigenvalue weighted by molar-refractivity contribution is -0.902. The lowest BCUT2D eigenvalue weighted by atomic mass is 10.1. The van der Waals surface area contributed by atoms with Gasteiger partial charge >= 0.3 is 0 Å². The van der Waals surface area contributed by atoms with Gasteiger partial charge in [0.25, 0.3) is 0 Å². The van der Waals surface area contributed by atoms with Gasteiger partial charge in [0, 0.05) is 11.1 Å². The van der Waals surface area contributed by atoms with Crippen LogP contribution in [0.25, 0.3) is 0 Å². The Labute approximate surface area is 98.5 Å². The van der Waals surface area contributed by atoms with E-state index in [4.69, 9.17) is 0 Å². The van der Waals surface area contributed by atoms with Crippen molar-refractivity contribution in [2.75, 3.05) is 0 Å². The second-order valence-electron chi connectivity index (χ2n) is 3.94. The van der Waals surface area contributed by atoms with Gasteiger partial charge in [-0.15, -0.1) is 0 Å². The molecule has 0 amide bonds. The summed E-state index contributed by atoms with van der Waals surface area (Å²) in [7, 11) is 0. The molecule has 1 atom stereocenters. The van der Waals surface area contributed by atoms with Gasteiger partial charge in [-0.2, -0.15) is 0 Å². The van der Waals surface area contributed by atoms with E-state index in [1.54, 1.807) is 0 Å². The molecule has 1 aliphatic rings. The first-order valence-corrected chi connectivity index (χ1v) is 5.99. The number of allylic oxidation sites excluding steroid dienone is 1. The molecule has 1 heterocycles. The van der Waals surface area contributed by atoms with Crippen LogP contribution in [-0.4, -0.2) is 9.60 Å². The number of halogens is 1. The molecule has 0 aliphatic carbocycles. The molecule has 1 aromatic carbocycles. The van der Waals surface area contributed by atoms with E-state index in [1.165, 1.54) is 11.1 Å². The van der Waals surface area contributed by atoms with Crippen molar-refractivity contribution >= 4 is 15.9 Å². The fourth-order valence-corrected chi connectivity index (χ4v) is 2.58. The van der Waals surface area contributed by atoms with Crippen LogP contribution in [0.4, 0.5) is 0 Å². The van der Waals surface area contributed by atoms with Crippen molar-refractivity contribution in [2.45, 2.75) is 25.0 Å². The molecule has 1 unspecified atom stereocenters. The number of rotatable bonds is 2. The maximum absolute atomic E-state index is 12.5. The van der Waals surface area contributed by atoms with Gasteiger partial charge in [0.15, 0.2) is 4.95 Å². The third-order valence-electron chi connectivity index (χ3n) is 2.80. The fraction of sp³-hybridized carbons (Fsp3) is 0.333. The van der Waals surface area contributed by atoms with Gasteiger partial charge in [0.2, 0.25) is 0 Å². The van der Waals surface area contributed by atoms with Crippen LogP contribution in [-0.2, 0) is 13.1 Å². The SMILES string of the molecule is CC=CC(Br)[N+]1([O-])Cc2ccccc2C1. The topological polar surface area (TPSA) is 23.1 Å². The number of hydroxylamine groups is 3. The molecule has 3 heteroatoms. The highest BCUT2D eigenvalue weighted by atomic mass is 79.9. The average Bonchev–Trinajstić information content (AvgIpc) is 2.56. The van der Waals surface area contributed by atoms with Crippen molar-refractivity contribution < 1.29 is 4.65 Å². The molecule has 0 spiro atoms. The van der Waals surface area contributed by atoms with Crippen LogP contribution < -0.4 is 0 Å². The summed E-state index contributed by atoms with van der Waals surface area (Å²) in [6.07, 6.45) is 3.83. The van der Waals surface area contributed by atoms with Gasteiger partial charge in [-0.05, 0) is 28.9 Å². The molecule has 0 fully saturated rings. The van der Waals surface area contributed by atoms with E-state index in [-0.39, 0.29) is 9.60 Å². The molecule has 2 nitrogen and oxygen atoms in total. The van der Waals surface area contributed by atoms with Crippen LogP contribution >= 0.6 is 15.9 Å². The van der Waals surface area contributed by atoms with Gasteiger partial charge in [-0.3, -0.25) is 0 Å². The zero-order chi connectivity index (χ0) is 10.9. The molecule has 0 saturated heterocycles. The number of quaternary nitrogens is 1. The van der Waals surface area contributed by atoms with E-state index in [0.29, 0.717) is 13.1 Å². The van der Waals surface area contributed by atoms with Gasteiger partial charge in [0.1, 0.15) is 13.1 Å². The summed E-state index contributed by atoms with van der Waals surface area (Å²) >= 11 is 3.45. The monoisotopic (exact) mass is 267 g/mol. The van der Waals surface area contributed by atoms with Gasteiger partial charge in [-0.25, -0.2) is 0 Å². The highest BCUT2D eigenvalue weighted by Gasteiger charge is 2.32. The largest absolute Gasteiger partial charge is 0.631 e. The Morgan fingerprint density at radius 1 is 1.33 bits per heavy atom. The minimum absolute atomic E-state index is 0.144. The summed E-state index contributed by atoms with van der Waals surface area (Å²) in [6, 6.07) is 8.08. The van der Waals surface area contributed by atoms with Crippen molar-refractivity contribution in [1.29, 1.82) is 0 Å². The van der Waals surface area contributed by atoms with Crippen LogP contribution in [0.3, 0.4) is 0 Å². The van der Waals surface area contributed by atoms with Gasteiger partial charge in [-0.1, -0.05) is 30.3 Å². The Morgan fingerprint density at radius 2 is 1.87 bits per heavy atom. The summed E-state index contributed by atoms with van der Waals surface area (Å²) in [4.78, 5) is -0.144. The van der Waals surface area contributed by atoms with Gasteiger partial charge in [0.05, 0.1) is 0 Å². The molecule has 0 N–H and O–H groups in total. The third kappa shape index (κ3) is 2.00. The first kappa shape index (κ1) is 10.9. The second-order valence-corrected chi connectivity index (χ2v) is 4.87. The predicted octanol–water partition coefficient (Wildman–Crippen LogP) is 3.31. The average molecular weight is 268 g/mol. The van der Waals surface area contributed by atoms with Crippen LogP contribution in [0.2, 0.25) is 0 Å². The van der Waals surface area contributed by atoms with Crippen molar-refractivity contribution in [3.05, 3.63) is 52.8 Å². The number of hydrogen-bond donors (Lipinski definition) is 0. The van der Waals surface area contributed by atoms with E-state index in [0.717, 1.165) is 0 Å². The number of alkyl halides is 1. The number of fused-ring (bicyclic) bond motifs is 1. The molecular weight excluding hydrogens is 254 g/mol. The van der Waals surface area contributed by atoms with Crippen LogP contribution in [0.15, 0.2) is 36.4 Å². The minimum Gasteiger partial charge on any atom is -0.631 e. The quantitative estimate of drug-likeness (QED) is 0.265. The Morgan fingerprint density at radius 3 is 2.33 bits per heavy atom.